The topological polar surface area (TPSA) is 84.2 Å². The molecule has 2 amide bonds. The highest BCUT2D eigenvalue weighted by atomic mass is 16.2. The molecule has 1 aliphatic rings. The molecule has 22 heavy (non-hydrogen) atoms. The van der Waals surface area contributed by atoms with Crippen molar-refractivity contribution in [1.82, 2.24) is 10.6 Å². The second-order valence-corrected chi connectivity index (χ2v) is 5.97. The van der Waals surface area contributed by atoms with Gasteiger partial charge in [-0.05, 0) is 30.9 Å². The largest absolute Gasteiger partial charge is 0.353 e. The van der Waals surface area contributed by atoms with Crippen LogP contribution in [0.2, 0.25) is 0 Å². The Bertz CT molecular complexity index is 504. The van der Waals surface area contributed by atoms with Gasteiger partial charge < -0.3 is 16.4 Å². The second-order valence-electron chi connectivity index (χ2n) is 5.97. The third-order valence-electron chi connectivity index (χ3n) is 4.28. The van der Waals surface area contributed by atoms with E-state index in [2.05, 4.69) is 10.6 Å². The van der Waals surface area contributed by atoms with Crippen LogP contribution in [0.1, 0.15) is 44.2 Å². The molecule has 1 aromatic rings. The van der Waals surface area contributed by atoms with Crippen molar-refractivity contribution in [1.29, 1.82) is 0 Å². The molecule has 0 aromatic heterocycles. The van der Waals surface area contributed by atoms with Crippen molar-refractivity contribution >= 4 is 11.8 Å². The van der Waals surface area contributed by atoms with Crippen LogP contribution < -0.4 is 16.4 Å². The molecule has 1 saturated carbocycles. The zero-order chi connectivity index (χ0) is 15.9. The van der Waals surface area contributed by atoms with Crippen LogP contribution in [0, 0.1) is 5.92 Å². The van der Waals surface area contributed by atoms with Crippen molar-refractivity contribution in [2.45, 2.75) is 44.7 Å². The Balaban J connectivity index is 1.97. The van der Waals surface area contributed by atoms with Gasteiger partial charge in [0.05, 0.1) is 12.5 Å². The number of hydrogen-bond donors (Lipinski definition) is 3. The Morgan fingerprint density at radius 1 is 1.27 bits per heavy atom. The molecule has 4 N–H and O–H groups in total. The van der Waals surface area contributed by atoms with Gasteiger partial charge in [-0.2, -0.15) is 0 Å². The summed E-state index contributed by atoms with van der Waals surface area (Å²) in [5.41, 5.74) is 6.69. The number of carbonyl (C=O) groups is 2. The van der Waals surface area contributed by atoms with Crippen molar-refractivity contribution < 1.29 is 9.59 Å². The molecule has 3 atom stereocenters. The van der Waals surface area contributed by atoms with Crippen LogP contribution in [-0.2, 0) is 9.59 Å². The number of amides is 2. The van der Waals surface area contributed by atoms with E-state index in [0.717, 1.165) is 24.8 Å². The summed E-state index contributed by atoms with van der Waals surface area (Å²) >= 11 is 0. The molecule has 120 valence electrons. The molecule has 0 saturated heterocycles. The summed E-state index contributed by atoms with van der Waals surface area (Å²) in [6.07, 6.45) is 3.43. The van der Waals surface area contributed by atoms with Crippen LogP contribution in [0.4, 0.5) is 0 Å². The molecule has 0 radical (unpaired) electrons. The molecule has 0 bridgehead atoms. The van der Waals surface area contributed by atoms with E-state index >= 15 is 0 Å². The summed E-state index contributed by atoms with van der Waals surface area (Å²) in [7, 11) is 0. The summed E-state index contributed by atoms with van der Waals surface area (Å²) in [5.74, 6) is 0.204. The molecule has 1 fully saturated rings. The van der Waals surface area contributed by atoms with Crippen LogP contribution in [0.15, 0.2) is 30.3 Å². The molecule has 5 nitrogen and oxygen atoms in total. The third-order valence-corrected chi connectivity index (χ3v) is 4.28. The molecule has 0 heterocycles. The van der Waals surface area contributed by atoms with E-state index in [1.165, 1.54) is 6.92 Å². The van der Waals surface area contributed by atoms with Gasteiger partial charge in [-0.25, -0.2) is 0 Å². The molecule has 0 aliphatic heterocycles. The Morgan fingerprint density at radius 3 is 2.64 bits per heavy atom. The minimum Gasteiger partial charge on any atom is -0.353 e. The first-order chi connectivity index (χ1) is 10.6. The standard InChI is InChI=1S/C17H25N3O2/c1-12(21)19-16(13-6-3-2-4-7-13)10-17(22)20-15-9-5-8-14(15)11-18/h2-4,6-7,14-16H,5,8-11,18H2,1H3,(H,19,21)(H,20,22). The fourth-order valence-corrected chi connectivity index (χ4v) is 3.14. The highest BCUT2D eigenvalue weighted by Gasteiger charge is 2.28. The van der Waals surface area contributed by atoms with Crippen LogP contribution >= 0.6 is 0 Å². The van der Waals surface area contributed by atoms with Crippen LogP contribution in [0.25, 0.3) is 0 Å². The lowest BCUT2D eigenvalue weighted by molar-refractivity contribution is -0.123. The maximum atomic E-state index is 12.3. The van der Waals surface area contributed by atoms with Gasteiger partial charge in [0.25, 0.3) is 0 Å². The van der Waals surface area contributed by atoms with Gasteiger partial charge in [-0.1, -0.05) is 36.8 Å². The maximum Gasteiger partial charge on any atom is 0.222 e. The summed E-state index contributed by atoms with van der Waals surface area (Å²) in [6.45, 7) is 2.08. The monoisotopic (exact) mass is 303 g/mol. The van der Waals surface area contributed by atoms with E-state index in [0.29, 0.717) is 12.5 Å². The van der Waals surface area contributed by atoms with Gasteiger partial charge in [0.1, 0.15) is 0 Å². The summed E-state index contributed by atoms with van der Waals surface area (Å²) in [6, 6.07) is 9.45. The average molecular weight is 303 g/mol. The highest BCUT2D eigenvalue weighted by Crippen LogP contribution is 2.25. The fraction of sp³-hybridized carbons (Fsp3) is 0.529. The lowest BCUT2D eigenvalue weighted by atomic mass is 10.0. The lowest BCUT2D eigenvalue weighted by Gasteiger charge is -2.22. The second kappa shape index (κ2) is 7.94. The van der Waals surface area contributed by atoms with Gasteiger partial charge in [0.2, 0.25) is 11.8 Å². The summed E-state index contributed by atoms with van der Waals surface area (Å²) in [4.78, 5) is 23.7. The first-order valence-corrected chi connectivity index (χ1v) is 7.91. The number of nitrogens with two attached hydrogens (primary N) is 1. The summed E-state index contributed by atoms with van der Waals surface area (Å²) in [5, 5.41) is 5.94. The fourth-order valence-electron chi connectivity index (χ4n) is 3.14. The van der Waals surface area contributed by atoms with Gasteiger partial charge in [-0.3, -0.25) is 9.59 Å². The average Bonchev–Trinajstić information content (AvgIpc) is 2.94. The van der Waals surface area contributed by atoms with Crippen LogP contribution in [0.5, 0.6) is 0 Å². The maximum absolute atomic E-state index is 12.3. The molecular weight excluding hydrogens is 278 g/mol. The minimum absolute atomic E-state index is 0.0343. The number of carbonyl (C=O) groups excluding carboxylic acids is 2. The molecule has 2 rings (SSSR count). The first kappa shape index (κ1) is 16.5. The normalized spacial score (nSPS) is 22.1. The Kier molecular flexibility index (Phi) is 5.95. The van der Waals surface area contributed by atoms with Gasteiger partial charge in [-0.15, -0.1) is 0 Å². The Hall–Kier alpha value is -1.88. The van der Waals surface area contributed by atoms with Crippen LogP contribution in [0.3, 0.4) is 0 Å². The van der Waals surface area contributed by atoms with Crippen molar-refractivity contribution in [3.05, 3.63) is 35.9 Å². The molecule has 0 spiro atoms. The summed E-state index contributed by atoms with van der Waals surface area (Å²) < 4.78 is 0. The van der Waals surface area contributed by atoms with Crippen molar-refractivity contribution in [2.75, 3.05) is 6.54 Å². The van der Waals surface area contributed by atoms with Crippen molar-refractivity contribution in [3.8, 4) is 0 Å². The van der Waals surface area contributed by atoms with E-state index in [1.54, 1.807) is 0 Å². The van der Waals surface area contributed by atoms with Crippen LogP contribution in [-0.4, -0.2) is 24.4 Å². The quantitative estimate of drug-likeness (QED) is 0.744. The number of benzene rings is 1. The SMILES string of the molecule is CC(=O)NC(CC(=O)NC1CCCC1CN)c1ccccc1. The lowest BCUT2D eigenvalue weighted by Crippen LogP contribution is -2.41. The molecule has 1 aliphatic carbocycles. The molecule has 5 heteroatoms. The van der Waals surface area contributed by atoms with E-state index < -0.39 is 0 Å². The van der Waals surface area contributed by atoms with Gasteiger partial charge in [0, 0.05) is 13.0 Å². The Labute approximate surface area is 131 Å². The van der Waals surface area contributed by atoms with Gasteiger partial charge >= 0.3 is 0 Å². The van der Waals surface area contributed by atoms with E-state index in [-0.39, 0.29) is 30.3 Å². The Morgan fingerprint density at radius 2 is 2.00 bits per heavy atom. The van der Waals surface area contributed by atoms with E-state index in [4.69, 9.17) is 5.73 Å². The number of rotatable bonds is 6. The predicted molar refractivity (Wildman–Crippen MR) is 85.9 cm³/mol. The first-order valence-electron chi connectivity index (χ1n) is 7.91. The zero-order valence-electron chi connectivity index (χ0n) is 13.0. The predicted octanol–water partition coefficient (Wildman–Crippen LogP) is 1.50. The highest BCUT2D eigenvalue weighted by molar-refractivity contribution is 5.79. The van der Waals surface area contributed by atoms with Crippen molar-refractivity contribution in [2.24, 2.45) is 11.7 Å². The smallest absolute Gasteiger partial charge is 0.222 e. The van der Waals surface area contributed by atoms with E-state index in [9.17, 15) is 9.59 Å². The third kappa shape index (κ3) is 4.56. The number of nitrogens with one attached hydrogen (secondary N) is 2. The minimum atomic E-state index is -0.295. The van der Waals surface area contributed by atoms with Gasteiger partial charge in [0.15, 0.2) is 0 Å². The zero-order valence-corrected chi connectivity index (χ0v) is 13.0. The molecule has 3 unspecified atom stereocenters. The molecule has 1 aromatic carbocycles. The van der Waals surface area contributed by atoms with Crippen molar-refractivity contribution in [3.63, 3.8) is 0 Å². The number of hydrogen-bond acceptors (Lipinski definition) is 3. The van der Waals surface area contributed by atoms with E-state index in [1.807, 2.05) is 30.3 Å². The molecular formula is C17H25N3O2.